The van der Waals surface area contributed by atoms with Crippen LogP contribution >= 0.6 is 24.0 Å². The molecule has 1 heterocycles. The molecule has 0 saturated carbocycles. The number of aromatic nitrogens is 1. The summed E-state index contributed by atoms with van der Waals surface area (Å²) in [5.74, 6) is -0.0831. The van der Waals surface area contributed by atoms with Crippen molar-refractivity contribution in [3.63, 3.8) is 0 Å². The first kappa shape index (κ1) is 20.2. The van der Waals surface area contributed by atoms with Crippen molar-refractivity contribution >= 4 is 40.7 Å². The molecule has 0 bridgehead atoms. The first-order valence-corrected chi connectivity index (χ1v) is 8.55. The molecule has 0 aliphatic rings. The molecule has 0 aliphatic heterocycles. The van der Waals surface area contributed by atoms with Crippen LogP contribution in [0, 0.1) is 6.92 Å². The van der Waals surface area contributed by atoms with Crippen LogP contribution in [0.25, 0.3) is 10.8 Å². The van der Waals surface area contributed by atoms with Gasteiger partial charge in [0.2, 0.25) is 11.1 Å². The molecule has 26 heavy (non-hydrogen) atoms. The monoisotopic (exact) mass is 393 g/mol. The van der Waals surface area contributed by atoms with Crippen LogP contribution in [0.2, 0.25) is 5.22 Å². The lowest BCUT2D eigenvalue weighted by Gasteiger charge is -2.18. The molecule has 7 heteroatoms. The predicted molar refractivity (Wildman–Crippen MR) is 106 cm³/mol. The third kappa shape index (κ3) is 4.55. The Balaban J connectivity index is 0.00000243. The molecule has 5 nitrogen and oxygen atoms in total. The Morgan fingerprint density at radius 1 is 1.27 bits per heavy atom. The Hall–Kier alpha value is -2.08. The Kier molecular flexibility index (Phi) is 7.03. The number of amides is 1. The van der Waals surface area contributed by atoms with Gasteiger partial charge in [0.05, 0.1) is 11.7 Å². The summed E-state index contributed by atoms with van der Waals surface area (Å²) in [6.45, 7) is 2.14. The Morgan fingerprint density at radius 3 is 2.65 bits per heavy atom. The molecule has 2 aromatic carbocycles. The van der Waals surface area contributed by atoms with Crippen molar-refractivity contribution in [1.82, 2.24) is 10.5 Å². The maximum absolute atomic E-state index is 12.3. The average molecular weight is 394 g/mol. The van der Waals surface area contributed by atoms with E-state index in [-0.39, 0.29) is 29.6 Å². The number of aryl methyl sites for hydroxylation is 1. The second-order valence-electron chi connectivity index (χ2n) is 5.98. The van der Waals surface area contributed by atoms with Crippen molar-refractivity contribution < 1.29 is 9.32 Å². The summed E-state index contributed by atoms with van der Waals surface area (Å²) in [4.78, 5) is 12.3. The fourth-order valence-electron chi connectivity index (χ4n) is 2.85. The number of nitrogens with two attached hydrogens (primary N) is 1. The number of carbonyl (C=O) groups is 1. The van der Waals surface area contributed by atoms with Crippen molar-refractivity contribution in [1.29, 1.82) is 0 Å². The summed E-state index contributed by atoms with van der Waals surface area (Å²) in [5, 5.41) is 9.31. The molecule has 0 radical (unpaired) electrons. The third-order valence-corrected chi connectivity index (χ3v) is 4.58. The molecule has 1 amide bonds. The molecule has 3 N–H and O–H groups in total. The number of carbonyl (C=O) groups excluding carboxylic acids is 1. The van der Waals surface area contributed by atoms with Crippen LogP contribution < -0.4 is 11.1 Å². The highest BCUT2D eigenvalue weighted by Gasteiger charge is 2.16. The fourth-order valence-corrected chi connectivity index (χ4v) is 3.11. The minimum Gasteiger partial charge on any atom is -0.348 e. The predicted octanol–water partition coefficient (Wildman–Crippen LogP) is 3.96. The molecule has 0 fully saturated rings. The van der Waals surface area contributed by atoms with Gasteiger partial charge in [-0.2, -0.15) is 0 Å². The zero-order valence-electron chi connectivity index (χ0n) is 14.4. The number of benzene rings is 2. The molecule has 1 aromatic heterocycles. The molecular weight excluding hydrogens is 373 g/mol. The van der Waals surface area contributed by atoms with Crippen molar-refractivity contribution in [2.24, 2.45) is 5.73 Å². The number of hydrogen-bond acceptors (Lipinski definition) is 4. The van der Waals surface area contributed by atoms with Crippen molar-refractivity contribution in [2.75, 3.05) is 6.54 Å². The second-order valence-corrected chi connectivity index (χ2v) is 6.33. The molecule has 138 valence electrons. The minimum absolute atomic E-state index is 0. The van der Waals surface area contributed by atoms with Gasteiger partial charge in [0.1, 0.15) is 0 Å². The number of rotatable bonds is 6. The smallest absolute Gasteiger partial charge is 0.229 e. The van der Waals surface area contributed by atoms with Gasteiger partial charge in [0.25, 0.3) is 0 Å². The van der Waals surface area contributed by atoms with E-state index in [2.05, 4.69) is 22.6 Å². The van der Waals surface area contributed by atoms with Crippen molar-refractivity contribution in [3.8, 4) is 0 Å². The topological polar surface area (TPSA) is 81.2 Å². The van der Waals surface area contributed by atoms with Gasteiger partial charge in [-0.3, -0.25) is 4.79 Å². The van der Waals surface area contributed by atoms with E-state index in [0.29, 0.717) is 25.1 Å². The summed E-state index contributed by atoms with van der Waals surface area (Å²) >= 11 is 5.93. The lowest BCUT2D eigenvalue weighted by molar-refractivity contribution is -0.121. The van der Waals surface area contributed by atoms with Gasteiger partial charge in [-0.1, -0.05) is 41.6 Å². The van der Waals surface area contributed by atoms with E-state index in [1.165, 1.54) is 0 Å². The largest absolute Gasteiger partial charge is 0.348 e. The van der Waals surface area contributed by atoms with E-state index in [1.807, 2.05) is 30.3 Å². The Morgan fingerprint density at radius 2 is 2.00 bits per heavy atom. The highest BCUT2D eigenvalue weighted by Crippen LogP contribution is 2.22. The Labute approximate surface area is 163 Å². The van der Waals surface area contributed by atoms with Crippen LogP contribution in [-0.4, -0.2) is 17.6 Å². The number of hydrogen-bond donors (Lipinski definition) is 2. The minimum atomic E-state index is -0.226. The molecule has 3 aromatic rings. The Bertz CT molecular complexity index is 876. The number of nitrogens with zero attached hydrogens (tertiary/aromatic N) is 1. The van der Waals surface area contributed by atoms with Gasteiger partial charge < -0.3 is 15.6 Å². The number of nitrogens with one attached hydrogen (secondary N) is 1. The maximum Gasteiger partial charge on any atom is 0.229 e. The van der Waals surface area contributed by atoms with E-state index in [9.17, 15) is 4.79 Å². The number of fused-ring (bicyclic) bond motifs is 1. The molecule has 1 unspecified atom stereocenters. The summed E-state index contributed by atoms with van der Waals surface area (Å²) in [6.07, 6.45) is 0.779. The SMILES string of the molecule is Cc1noc(Cl)c1CCC(=O)NC(CN)c1ccc2ccccc2c1.Cl. The van der Waals surface area contributed by atoms with Crippen molar-refractivity contribution in [3.05, 3.63) is 64.5 Å². The summed E-state index contributed by atoms with van der Waals surface area (Å²) in [5.41, 5.74) is 8.35. The highest BCUT2D eigenvalue weighted by molar-refractivity contribution is 6.29. The van der Waals surface area contributed by atoms with Crippen molar-refractivity contribution in [2.45, 2.75) is 25.8 Å². The number of halogens is 2. The average Bonchev–Trinajstić information content (AvgIpc) is 2.95. The van der Waals surface area contributed by atoms with Gasteiger partial charge in [0.15, 0.2) is 0 Å². The van der Waals surface area contributed by atoms with E-state index < -0.39 is 0 Å². The fraction of sp³-hybridized carbons (Fsp3) is 0.263. The van der Waals surface area contributed by atoms with E-state index in [4.69, 9.17) is 21.9 Å². The first-order valence-electron chi connectivity index (χ1n) is 8.17. The zero-order chi connectivity index (χ0) is 17.8. The van der Waals surface area contributed by atoms with Crippen LogP contribution in [0.15, 0.2) is 47.0 Å². The van der Waals surface area contributed by atoms with Crippen LogP contribution in [0.4, 0.5) is 0 Å². The standard InChI is InChI=1S/C19H20ClN3O2.ClH/c1-12-16(19(20)25-23-12)8-9-18(24)22-17(11-21)15-7-6-13-4-2-3-5-14(13)10-15;/h2-7,10,17H,8-9,11,21H2,1H3,(H,22,24);1H. The quantitative estimate of drug-likeness (QED) is 0.663. The van der Waals surface area contributed by atoms with Gasteiger partial charge in [0, 0.05) is 18.5 Å². The highest BCUT2D eigenvalue weighted by atomic mass is 35.5. The molecule has 0 spiro atoms. The summed E-state index contributed by atoms with van der Waals surface area (Å²) in [7, 11) is 0. The van der Waals surface area contributed by atoms with Crippen LogP contribution in [0.1, 0.15) is 29.3 Å². The molecule has 0 saturated heterocycles. The van der Waals surface area contributed by atoms with E-state index >= 15 is 0 Å². The summed E-state index contributed by atoms with van der Waals surface area (Å²) < 4.78 is 4.90. The van der Waals surface area contributed by atoms with E-state index in [0.717, 1.165) is 21.9 Å². The zero-order valence-corrected chi connectivity index (χ0v) is 15.9. The van der Waals surface area contributed by atoms with E-state index in [1.54, 1.807) is 6.92 Å². The summed E-state index contributed by atoms with van der Waals surface area (Å²) in [6, 6.07) is 14.0. The maximum atomic E-state index is 12.3. The van der Waals surface area contributed by atoms with Gasteiger partial charge >= 0.3 is 0 Å². The van der Waals surface area contributed by atoms with Gasteiger partial charge in [-0.15, -0.1) is 12.4 Å². The lowest BCUT2D eigenvalue weighted by Crippen LogP contribution is -2.33. The van der Waals surface area contributed by atoms with Crippen LogP contribution in [-0.2, 0) is 11.2 Å². The molecule has 0 aliphatic carbocycles. The lowest BCUT2D eigenvalue weighted by atomic mass is 10.0. The molecule has 3 rings (SSSR count). The van der Waals surface area contributed by atoms with Gasteiger partial charge in [-0.05, 0) is 47.3 Å². The second kappa shape index (κ2) is 9.03. The third-order valence-electron chi connectivity index (χ3n) is 4.29. The normalized spacial score (nSPS) is 11.8. The van der Waals surface area contributed by atoms with Crippen LogP contribution in [0.3, 0.4) is 0 Å². The molecule has 1 atom stereocenters. The first-order chi connectivity index (χ1) is 12.1. The molecular formula is C19H21Cl2N3O2. The van der Waals surface area contributed by atoms with Gasteiger partial charge in [-0.25, -0.2) is 0 Å². The van der Waals surface area contributed by atoms with Crippen LogP contribution in [0.5, 0.6) is 0 Å².